The van der Waals surface area contributed by atoms with E-state index >= 15 is 0 Å². The molecule has 3 heteroatoms. The standard InChI is InChI=1S/C44H36OP2/c1-33-19-18-30-41(46(37-22-10-4-11-23-37)38-24-12-5-13-25-38)43(33)45-44-34(2)31-36(35-20-8-3-9-21-35)32-42(44)47(39-26-14-6-15-27-39)40-28-16-7-17-29-40/h3-32H,1-2H3. The van der Waals surface area contributed by atoms with Crippen LogP contribution in [0.3, 0.4) is 0 Å². The van der Waals surface area contributed by atoms with E-state index in [0.29, 0.717) is 0 Å². The zero-order valence-corrected chi connectivity index (χ0v) is 28.4. The highest BCUT2D eigenvalue weighted by atomic mass is 31.1. The van der Waals surface area contributed by atoms with Crippen molar-refractivity contribution in [3.8, 4) is 22.6 Å². The highest BCUT2D eigenvalue weighted by molar-refractivity contribution is 7.80. The van der Waals surface area contributed by atoms with Crippen LogP contribution in [0.5, 0.6) is 11.5 Å². The summed E-state index contributed by atoms with van der Waals surface area (Å²) in [5, 5.41) is 7.63. The molecule has 0 atom stereocenters. The number of para-hydroxylation sites is 1. The van der Waals surface area contributed by atoms with Gasteiger partial charge >= 0.3 is 0 Å². The minimum absolute atomic E-state index is 0.864. The van der Waals surface area contributed by atoms with E-state index < -0.39 is 15.8 Å². The van der Waals surface area contributed by atoms with Crippen LogP contribution in [0.25, 0.3) is 11.1 Å². The molecule has 0 saturated carbocycles. The first-order valence-corrected chi connectivity index (χ1v) is 18.6. The molecule has 0 N–H and O–H groups in total. The molecule has 7 aromatic carbocycles. The van der Waals surface area contributed by atoms with Crippen molar-refractivity contribution >= 4 is 47.7 Å². The third-order valence-electron chi connectivity index (χ3n) is 8.30. The summed E-state index contributed by atoms with van der Waals surface area (Å²) < 4.78 is 7.37. The number of hydrogen-bond donors (Lipinski definition) is 0. The first kappa shape index (κ1) is 30.8. The van der Waals surface area contributed by atoms with E-state index in [4.69, 9.17) is 4.74 Å². The van der Waals surface area contributed by atoms with Crippen LogP contribution in [-0.2, 0) is 0 Å². The van der Waals surface area contributed by atoms with Crippen LogP contribution in [0.15, 0.2) is 182 Å². The maximum Gasteiger partial charge on any atom is 0.138 e. The average Bonchev–Trinajstić information content (AvgIpc) is 3.13. The van der Waals surface area contributed by atoms with E-state index in [9.17, 15) is 0 Å². The van der Waals surface area contributed by atoms with Gasteiger partial charge in [0.1, 0.15) is 11.5 Å². The zero-order chi connectivity index (χ0) is 32.0. The minimum Gasteiger partial charge on any atom is -0.455 e. The maximum absolute atomic E-state index is 7.37. The van der Waals surface area contributed by atoms with Gasteiger partial charge in [-0.2, -0.15) is 0 Å². The van der Waals surface area contributed by atoms with Crippen molar-refractivity contribution in [2.75, 3.05) is 0 Å². The van der Waals surface area contributed by atoms with Gasteiger partial charge in [-0.25, -0.2) is 0 Å². The molecule has 228 valence electrons. The van der Waals surface area contributed by atoms with Crippen molar-refractivity contribution in [3.63, 3.8) is 0 Å². The van der Waals surface area contributed by atoms with Gasteiger partial charge in [0.25, 0.3) is 0 Å². The maximum atomic E-state index is 7.37. The topological polar surface area (TPSA) is 9.23 Å². The summed E-state index contributed by atoms with van der Waals surface area (Å²) in [6.07, 6.45) is 0. The number of rotatable bonds is 9. The Hall–Kier alpha value is -4.80. The van der Waals surface area contributed by atoms with Gasteiger partial charge in [-0.1, -0.05) is 170 Å². The molecule has 0 heterocycles. The van der Waals surface area contributed by atoms with Crippen LogP contribution < -0.4 is 36.6 Å². The van der Waals surface area contributed by atoms with E-state index in [1.54, 1.807) is 0 Å². The molecule has 0 aliphatic carbocycles. The van der Waals surface area contributed by atoms with Gasteiger partial charge in [-0.05, 0) is 85.3 Å². The van der Waals surface area contributed by atoms with Gasteiger partial charge in [0.2, 0.25) is 0 Å². The Morgan fingerprint density at radius 2 is 0.745 bits per heavy atom. The van der Waals surface area contributed by atoms with Crippen molar-refractivity contribution in [1.29, 1.82) is 0 Å². The lowest BCUT2D eigenvalue weighted by Crippen LogP contribution is -2.25. The second-order valence-electron chi connectivity index (χ2n) is 11.5. The van der Waals surface area contributed by atoms with E-state index in [-0.39, 0.29) is 0 Å². The summed E-state index contributed by atoms with van der Waals surface area (Å²) in [6.45, 7) is 4.37. The van der Waals surface area contributed by atoms with Crippen LogP contribution in [0.4, 0.5) is 0 Å². The highest BCUT2D eigenvalue weighted by Crippen LogP contribution is 2.44. The summed E-state index contributed by atoms with van der Waals surface area (Å²) in [5.41, 5.74) is 4.65. The number of aryl methyl sites for hydroxylation is 2. The van der Waals surface area contributed by atoms with E-state index in [1.807, 2.05) is 0 Å². The third-order valence-corrected chi connectivity index (χ3v) is 13.2. The predicted molar refractivity (Wildman–Crippen MR) is 205 cm³/mol. The molecule has 0 aliphatic heterocycles. The lowest BCUT2D eigenvalue weighted by molar-refractivity contribution is 0.483. The van der Waals surface area contributed by atoms with Crippen molar-refractivity contribution < 1.29 is 4.74 Å². The summed E-state index contributed by atoms with van der Waals surface area (Å²) in [6, 6.07) is 65.5. The SMILES string of the molecule is Cc1cccc(P(c2ccccc2)c2ccccc2)c1Oc1c(C)cc(-c2ccccc2)cc1P(c1ccccc1)c1ccccc1. The quantitative estimate of drug-likeness (QED) is 0.143. The second-order valence-corrected chi connectivity index (χ2v) is 15.9. The Kier molecular flexibility index (Phi) is 9.39. The van der Waals surface area contributed by atoms with Crippen LogP contribution in [-0.4, -0.2) is 0 Å². The van der Waals surface area contributed by atoms with Gasteiger partial charge in [0.15, 0.2) is 0 Å². The number of benzene rings is 7. The molecule has 7 aromatic rings. The normalized spacial score (nSPS) is 11.1. The molecule has 0 radical (unpaired) electrons. The van der Waals surface area contributed by atoms with Gasteiger partial charge in [-0.3, -0.25) is 0 Å². The van der Waals surface area contributed by atoms with Crippen molar-refractivity contribution in [1.82, 2.24) is 0 Å². The summed E-state index contributed by atoms with van der Waals surface area (Å²) in [5.74, 6) is 1.88. The second kappa shape index (κ2) is 14.3. The lowest BCUT2D eigenvalue weighted by Gasteiger charge is -2.27. The summed E-state index contributed by atoms with van der Waals surface area (Å²) >= 11 is 0. The minimum atomic E-state index is -0.928. The monoisotopic (exact) mass is 642 g/mol. The van der Waals surface area contributed by atoms with Gasteiger partial charge in [-0.15, -0.1) is 0 Å². The number of ether oxygens (including phenoxy) is 1. The highest BCUT2D eigenvalue weighted by Gasteiger charge is 2.27. The van der Waals surface area contributed by atoms with E-state index in [0.717, 1.165) is 22.6 Å². The molecule has 0 spiro atoms. The van der Waals surface area contributed by atoms with Crippen molar-refractivity contribution in [2.24, 2.45) is 0 Å². The first-order valence-electron chi connectivity index (χ1n) is 16.0. The van der Waals surface area contributed by atoms with Crippen LogP contribution in [0.1, 0.15) is 11.1 Å². The molecule has 0 unspecified atom stereocenters. The Bertz CT molecular complexity index is 1980. The van der Waals surface area contributed by atoms with Crippen LogP contribution >= 0.6 is 15.8 Å². The molecule has 0 bridgehead atoms. The summed E-state index contributed by atoms with van der Waals surface area (Å²) in [4.78, 5) is 0. The fourth-order valence-electron chi connectivity index (χ4n) is 6.06. The molecule has 0 amide bonds. The fourth-order valence-corrected chi connectivity index (χ4v) is 11.0. The van der Waals surface area contributed by atoms with E-state index in [1.165, 1.54) is 43.0 Å². The largest absolute Gasteiger partial charge is 0.455 e. The Morgan fingerprint density at radius 1 is 0.340 bits per heavy atom. The molecule has 0 aliphatic rings. The van der Waals surface area contributed by atoms with E-state index in [2.05, 4.69) is 196 Å². The lowest BCUT2D eigenvalue weighted by atomic mass is 10.0. The van der Waals surface area contributed by atoms with Gasteiger partial charge < -0.3 is 4.74 Å². The molecule has 1 nitrogen and oxygen atoms in total. The summed E-state index contributed by atoms with van der Waals surface area (Å²) in [7, 11) is -1.79. The van der Waals surface area contributed by atoms with Gasteiger partial charge in [0.05, 0.1) is 0 Å². The van der Waals surface area contributed by atoms with Crippen molar-refractivity contribution in [3.05, 3.63) is 193 Å². The first-order chi connectivity index (χ1) is 23.2. The van der Waals surface area contributed by atoms with Gasteiger partial charge in [0, 0.05) is 10.6 Å². The molecule has 0 aromatic heterocycles. The van der Waals surface area contributed by atoms with Crippen molar-refractivity contribution in [2.45, 2.75) is 13.8 Å². The predicted octanol–water partition coefficient (Wildman–Crippen LogP) is 9.28. The Labute approximate surface area is 281 Å². The molecule has 47 heavy (non-hydrogen) atoms. The Balaban J connectivity index is 1.46. The number of hydrogen-bond acceptors (Lipinski definition) is 1. The molecular weight excluding hydrogens is 606 g/mol. The molecule has 7 rings (SSSR count). The fraction of sp³-hybridized carbons (Fsp3) is 0.0455. The smallest absolute Gasteiger partial charge is 0.138 e. The molecule has 0 fully saturated rings. The zero-order valence-electron chi connectivity index (χ0n) is 26.6. The van der Waals surface area contributed by atoms with Crippen LogP contribution in [0, 0.1) is 13.8 Å². The average molecular weight is 643 g/mol. The molecule has 0 saturated heterocycles. The third kappa shape index (κ3) is 6.70. The Morgan fingerprint density at radius 3 is 1.21 bits per heavy atom. The molecular formula is C44H36OP2. The van der Waals surface area contributed by atoms with Crippen LogP contribution in [0.2, 0.25) is 0 Å².